The predicted molar refractivity (Wildman–Crippen MR) is 64.9 cm³/mol. The molecule has 1 aromatic rings. The average Bonchev–Trinajstić information content (AvgIpc) is 2.72. The average molecular weight is 314 g/mol. The highest BCUT2D eigenvalue weighted by Crippen LogP contribution is 2.40. The van der Waals surface area contributed by atoms with Gasteiger partial charge in [-0.25, -0.2) is 17.2 Å². The number of hydrogen-bond acceptors (Lipinski definition) is 4. The summed E-state index contributed by atoms with van der Waals surface area (Å²) >= 11 is 0. The summed E-state index contributed by atoms with van der Waals surface area (Å²) in [5, 5.41) is 7.09. The molecular weight excluding hydrogens is 300 g/mol. The van der Waals surface area contributed by atoms with E-state index in [-0.39, 0.29) is 36.8 Å². The minimum Gasteiger partial charge on any atom is -0.301 e. The van der Waals surface area contributed by atoms with E-state index in [4.69, 9.17) is 10.7 Å². The van der Waals surface area contributed by atoms with E-state index in [0.717, 1.165) is 0 Å². The van der Waals surface area contributed by atoms with E-state index in [1.54, 1.807) is 6.92 Å². The van der Waals surface area contributed by atoms with E-state index < -0.39 is 15.0 Å². The molecule has 0 bridgehead atoms. The van der Waals surface area contributed by atoms with Gasteiger partial charge in [-0.3, -0.25) is 0 Å². The minimum absolute atomic E-state index is 0.195. The van der Waals surface area contributed by atoms with Gasteiger partial charge < -0.3 is 4.57 Å². The molecule has 19 heavy (non-hydrogen) atoms. The summed E-state index contributed by atoms with van der Waals surface area (Å²) in [4.78, 5) is 0. The number of aromatic nitrogens is 3. The van der Waals surface area contributed by atoms with Crippen LogP contribution in [0, 0.1) is 0 Å². The molecule has 1 saturated carbocycles. The molecule has 108 valence electrons. The molecule has 0 aliphatic heterocycles. The molecule has 1 aliphatic rings. The van der Waals surface area contributed by atoms with Crippen LogP contribution in [0.25, 0.3) is 0 Å². The number of halogens is 3. The van der Waals surface area contributed by atoms with Gasteiger partial charge in [-0.05, 0) is 19.8 Å². The zero-order valence-electron chi connectivity index (χ0n) is 10.3. The summed E-state index contributed by atoms with van der Waals surface area (Å²) in [5.74, 6) is -2.40. The Bertz CT molecular complexity index is 563. The summed E-state index contributed by atoms with van der Waals surface area (Å²) in [6.45, 7) is 2.06. The normalized spacial score (nSPS) is 20.6. The molecule has 0 radical (unpaired) electrons. The van der Waals surface area contributed by atoms with Crippen LogP contribution in [0.2, 0.25) is 0 Å². The Balaban J connectivity index is 2.30. The standard InChI is InChI=1S/C10H14ClF2N3O2S/c1-2-16-8(14-15-9(16)19(11,17)18)7-3-5-10(12,13)6-4-7/h7H,2-6H2,1H3. The third-order valence-electron chi connectivity index (χ3n) is 3.36. The van der Waals surface area contributed by atoms with Gasteiger partial charge in [-0.2, -0.15) is 0 Å². The molecule has 1 fully saturated rings. The van der Waals surface area contributed by atoms with Gasteiger partial charge in [0.1, 0.15) is 5.82 Å². The van der Waals surface area contributed by atoms with Crippen LogP contribution in [0.3, 0.4) is 0 Å². The van der Waals surface area contributed by atoms with Crippen LogP contribution in [0.5, 0.6) is 0 Å². The molecule has 0 amide bonds. The molecule has 0 saturated heterocycles. The van der Waals surface area contributed by atoms with Crippen molar-refractivity contribution in [1.82, 2.24) is 14.8 Å². The first-order valence-corrected chi connectivity index (χ1v) is 8.31. The molecule has 0 N–H and O–H groups in total. The van der Waals surface area contributed by atoms with E-state index >= 15 is 0 Å². The summed E-state index contributed by atoms with van der Waals surface area (Å²) in [5.41, 5.74) is 0. The van der Waals surface area contributed by atoms with E-state index in [1.165, 1.54) is 4.57 Å². The topological polar surface area (TPSA) is 64.8 Å². The zero-order valence-corrected chi connectivity index (χ0v) is 11.9. The Morgan fingerprint density at radius 2 is 1.95 bits per heavy atom. The summed E-state index contributed by atoms with van der Waals surface area (Å²) in [7, 11) is 1.30. The first-order chi connectivity index (χ1) is 8.74. The van der Waals surface area contributed by atoms with Crippen LogP contribution in [-0.4, -0.2) is 29.1 Å². The lowest BCUT2D eigenvalue weighted by Gasteiger charge is -2.27. The number of nitrogens with zero attached hydrogens (tertiary/aromatic N) is 3. The van der Waals surface area contributed by atoms with Crippen molar-refractivity contribution in [3.8, 4) is 0 Å². The molecule has 1 heterocycles. The fourth-order valence-corrected chi connectivity index (χ4v) is 3.34. The maximum absolute atomic E-state index is 13.1. The van der Waals surface area contributed by atoms with E-state index in [9.17, 15) is 17.2 Å². The second kappa shape index (κ2) is 4.97. The first kappa shape index (κ1) is 14.6. The van der Waals surface area contributed by atoms with Crippen molar-refractivity contribution >= 4 is 19.7 Å². The van der Waals surface area contributed by atoms with Crippen LogP contribution in [0.15, 0.2) is 5.16 Å². The Morgan fingerprint density at radius 3 is 2.42 bits per heavy atom. The van der Waals surface area contributed by atoms with Gasteiger partial charge in [0.2, 0.25) is 5.92 Å². The van der Waals surface area contributed by atoms with E-state index in [0.29, 0.717) is 12.4 Å². The molecule has 9 heteroatoms. The summed E-state index contributed by atoms with van der Waals surface area (Å²) in [6, 6.07) is 0. The van der Waals surface area contributed by atoms with Crippen LogP contribution in [0.1, 0.15) is 44.3 Å². The third kappa shape index (κ3) is 3.05. The van der Waals surface area contributed by atoms with Gasteiger partial charge in [-0.1, -0.05) is 0 Å². The molecule has 0 spiro atoms. The maximum Gasteiger partial charge on any atom is 0.296 e. The van der Waals surface area contributed by atoms with E-state index in [2.05, 4.69) is 10.2 Å². The highest BCUT2D eigenvalue weighted by Gasteiger charge is 2.37. The monoisotopic (exact) mass is 313 g/mol. The van der Waals surface area contributed by atoms with Gasteiger partial charge in [0.15, 0.2) is 0 Å². The molecular formula is C10H14ClF2N3O2S. The molecule has 1 aliphatic carbocycles. The van der Waals surface area contributed by atoms with Crippen molar-refractivity contribution in [2.45, 2.75) is 56.1 Å². The van der Waals surface area contributed by atoms with Gasteiger partial charge in [0, 0.05) is 36.0 Å². The van der Waals surface area contributed by atoms with Crippen molar-refractivity contribution in [2.75, 3.05) is 0 Å². The molecule has 1 aromatic heterocycles. The van der Waals surface area contributed by atoms with Crippen molar-refractivity contribution in [2.24, 2.45) is 0 Å². The zero-order chi connectivity index (χ0) is 14.3. The lowest BCUT2D eigenvalue weighted by molar-refractivity contribution is -0.0390. The Kier molecular flexibility index (Phi) is 3.83. The lowest BCUT2D eigenvalue weighted by Crippen LogP contribution is -2.25. The lowest BCUT2D eigenvalue weighted by atomic mass is 9.86. The summed E-state index contributed by atoms with van der Waals surface area (Å²) in [6.07, 6.45) is 0.120. The van der Waals surface area contributed by atoms with Crippen LogP contribution in [0.4, 0.5) is 8.78 Å². The predicted octanol–water partition coefficient (Wildman–Crippen LogP) is 2.52. The molecule has 0 aromatic carbocycles. The number of rotatable bonds is 3. The fourth-order valence-electron chi connectivity index (χ4n) is 2.38. The highest BCUT2D eigenvalue weighted by atomic mass is 35.7. The Labute approximate surface area is 114 Å². The second-order valence-electron chi connectivity index (χ2n) is 4.65. The van der Waals surface area contributed by atoms with Crippen molar-refractivity contribution in [3.05, 3.63) is 5.82 Å². The van der Waals surface area contributed by atoms with Crippen LogP contribution >= 0.6 is 10.7 Å². The fraction of sp³-hybridized carbons (Fsp3) is 0.800. The largest absolute Gasteiger partial charge is 0.301 e. The quantitative estimate of drug-likeness (QED) is 0.804. The summed E-state index contributed by atoms with van der Waals surface area (Å²) < 4.78 is 50.3. The second-order valence-corrected chi connectivity index (χ2v) is 7.11. The Morgan fingerprint density at radius 1 is 1.37 bits per heavy atom. The van der Waals surface area contributed by atoms with Gasteiger partial charge in [-0.15, -0.1) is 10.2 Å². The number of alkyl halides is 2. The van der Waals surface area contributed by atoms with Crippen molar-refractivity contribution in [1.29, 1.82) is 0 Å². The Hall–Kier alpha value is -0.760. The SMILES string of the molecule is CCn1c(C2CCC(F)(F)CC2)nnc1S(=O)(=O)Cl. The number of hydrogen-bond donors (Lipinski definition) is 0. The van der Waals surface area contributed by atoms with Gasteiger partial charge in [0.05, 0.1) is 0 Å². The van der Waals surface area contributed by atoms with E-state index in [1.807, 2.05) is 0 Å². The smallest absolute Gasteiger partial charge is 0.296 e. The minimum atomic E-state index is -3.97. The molecule has 2 rings (SSSR count). The van der Waals surface area contributed by atoms with Crippen LogP contribution < -0.4 is 0 Å². The van der Waals surface area contributed by atoms with Crippen LogP contribution in [-0.2, 0) is 15.6 Å². The van der Waals surface area contributed by atoms with Gasteiger partial charge in [0.25, 0.3) is 14.2 Å². The van der Waals surface area contributed by atoms with Crippen molar-refractivity contribution < 1.29 is 17.2 Å². The van der Waals surface area contributed by atoms with Crippen molar-refractivity contribution in [3.63, 3.8) is 0 Å². The maximum atomic E-state index is 13.1. The first-order valence-electron chi connectivity index (χ1n) is 6.00. The highest BCUT2D eigenvalue weighted by molar-refractivity contribution is 8.13. The third-order valence-corrected chi connectivity index (χ3v) is 4.51. The molecule has 0 unspecified atom stereocenters. The molecule has 5 nitrogen and oxygen atoms in total. The van der Waals surface area contributed by atoms with Gasteiger partial charge >= 0.3 is 0 Å². The molecule has 0 atom stereocenters.